The van der Waals surface area contributed by atoms with Crippen molar-refractivity contribution in [3.63, 3.8) is 0 Å². The third-order valence-corrected chi connectivity index (χ3v) is 2.88. The lowest BCUT2D eigenvalue weighted by Crippen LogP contribution is -2.42. The molecule has 0 spiro atoms. The summed E-state index contributed by atoms with van der Waals surface area (Å²) < 4.78 is 0. The van der Waals surface area contributed by atoms with Gasteiger partial charge in [-0.1, -0.05) is 0 Å². The predicted molar refractivity (Wildman–Crippen MR) is 78.4 cm³/mol. The molecule has 0 aliphatic heterocycles. The molecule has 2 N–H and O–H groups in total. The molecular weight excluding hydrogens is 274 g/mol. The lowest BCUT2D eigenvalue weighted by atomic mass is 10.2. The summed E-state index contributed by atoms with van der Waals surface area (Å²) >= 11 is 0. The van der Waals surface area contributed by atoms with Crippen molar-refractivity contribution in [3.8, 4) is 0 Å². The number of carboxylic acid groups (broad SMARTS) is 1. The Kier molecular flexibility index (Phi) is 5.71. The first-order valence-electron chi connectivity index (χ1n) is 6.44. The molecule has 0 aromatic heterocycles. The Bertz CT molecular complexity index is 526. The first kappa shape index (κ1) is 16.5. The van der Waals surface area contributed by atoms with Crippen LogP contribution in [0.2, 0.25) is 0 Å². The molecule has 0 aliphatic carbocycles. The van der Waals surface area contributed by atoms with Gasteiger partial charge in [-0.25, -0.2) is 9.59 Å². The Morgan fingerprint density at radius 1 is 1.14 bits per heavy atom. The average Bonchev–Trinajstić information content (AvgIpc) is 2.44. The van der Waals surface area contributed by atoms with Gasteiger partial charge in [0.2, 0.25) is 5.91 Å². The Balaban J connectivity index is 2.69. The highest BCUT2D eigenvalue weighted by Crippen LogP contribution is 2.10. The highest BCUT2D eigenvalue weighted by atomic mass is 16.4. The standard InChI is InChI=1S/C14H19N3O4/c1-4-17(9-12(18)16(2)3)14(21)15-11-7-5-10(6-8-11)13(19)20/h5-8H,4,9H2,1-3H3,(H,15,21)(H,19,20). The minimum atomic E-state index is -1.03. The largest absolute Gasteiger partial charge is 0.478 e. The van der Waals surface area contributed by atoms with Crippen molar-refractivity contribution in [2.24, 2.45) is 0 Å². The summed E-state index contributed by atoms with van der Waals surface area (Å²) in [6.07, 6.45) is 0. The van der Waals surface area contributed by atoms with E-state index in [9.17, 15) is 14.4 Å². The number of likely N-dealkylation sites (N-methyl/N-ethyl adjacent to an activating group) is 2. The number of anilines is 1. The van der Waals surface area contributed by atoms with Crippen molar-refractivity contribution >= 4 is 23.6 Å². The van der Waals surface area contributed by atoms with Gasteiger partial charge in [0.05, 0.1) is 5.56 Å². The summed E-state index contributed by atoms with van der Waals surface area (Å²) in [5.41, 5.74) is 0.615. The molecule has 0 aliphatic rings. The molecular formula is C14H19N3O4. The Hall–Kier alpha value is -2.57. The number of hydrogen-bond acceptors (Lipinski definition) is 3. The molecule has 3 amide bonds. The van der Waals surface area contributed by atoms with Crippen LogP contribution in [-0.4, -0.2) is 60.0 Å². The lowest BCUT2D eigenvalue weighted by Gasteiger charge is -2.22. The van der Waals surface area contributed by atoms with Gasteiger partial charge in [-0.3, -0.25) is 4.79 Å². The Morgan fingerprint density at radius 2 is 1.71 bits per heavy atom. The maximum absolute atomic E-state index is 12.0. The average molecular weight is 293 g/mol. The number of aromatic carboxylic acids is 1. The maximum atomic E-state index is 12.0. The van der Waals surface area contributed by atoms with Crippen molar-refractivity contribution in [3.05, 3.63) is 29.8 Å². The number of amides is 3. The number of rotatable bonds is 5. The summed E-state index contributed by atoms with van der Waals surface area (Å²) in [7, 11) is 3.25. The number of carbonyl (C=O) groups excluding carboxylic acids is 2. The minimum Gasteiger partial charge on any atom is -0.478 e. The molecule has 0 unspecified atom stereocenters. The lowest BCUT2D eigenvalue weighted by molar-refractivity contribution is -0.129. The number of nitrogens with one attached hydrogen (secondary N) is 1. The third-order valence-electron chi connectivity index (χ3n) is 2.88. The smallest absolute Gasteiger partial charge is 0.335 e. The quantitative estimate of drug-likeness (QED) is 0.857. The van der Waals surface area contributed by atoms with Crippen LogP contribution in [0.15, 0.2) is 24.3 Å². The zero-order valence-electron chi connectivity index (χ0n) is 12.3. The second kappa shape index (κ2) is 7.28. The third kappa shape index (κ3) is 4.79. The van der Waals surface area contributed by atoms with Crippen LogP contribution in [0.5, 0.6) is 0 Å². The van der Waals surface area contributed by atoms with E-state index in [1.54, 1.807) is 21.0 Å². The summed E-state index contributed by atoms with van der Waals surface area (Å²) in [6, 6.07) is 5.40. The van der Waals surface area contributed by atoms with Gasteiger partial charge in [-0.2, -0.15) is 0 Å². The molecule has 0 saturated carbocycles. The molecule has 0 atom stereocenters. The molecule has 21 heavy (non-hydrogen) atoms. The second-order valence-corrected chi connectivity index (χ2v) is 4.61. The molecule has 0 bridgehead atoms. The molecule has 7 nitrogen and oxygen atoms in total. The fourth-order valence-electron chi connectivity index (χ4n) is 1.53. The highest BCUT2D eigenvalue weighted by Gasteiger charge is 2.16. The number of benzene rings is 1. The van der Waals surface area contributed by atoms with Crippen LogP contribution >= 0.6 is 0 Å². The highest BCUT2D eigenvalue weighted by molar-refractivity contribution is 5.93. The molecule has 0 saturated heterocycles. The topological polar surface area (TPSA) is 90.0 Å². The van der Waals surface area contributed by atoms with E-state index >= 15 is 0 Å². The Labute approximate surface area is 123 Å². The van der Waals surface area contributed by atoms with E-state index < -0.39 is 12.0 Å². The number of hydrogen-bond donors (Lipinski definition) is 2. The van der Waals surface area contributed by atoms with Gasteiger partial charge >= 0.3 is 12.0 Å². The normalized spacial score (nSPS) is 9.86. The van der Waals surface area contributed by atoms with Crippen LogP contribution in [0.1, 0.15) is 17.3 Å². The van der Waals surface area contributed by atoms with E-state index in [1.165, 1.54) is 34.1 Å². The van der Waals surface area contributed by atoms with Gasteiger partial charge < -0.3 is 20.2 Å². The van der Waals surface area contributed by atoms with Crippen molar-refractivity contribution < 1.29 is 19.5 Å². The maximum Gasteiger partial charge on any atom is 0.335 e. The van der Waals surface area contributed by atoms with Crippen LogP contribution in [0.4, 0.5) is 10.5 Å². The summed E-state index contributed by atoms with van der Waals surface area (Å²) in [5, 5.41) is 11.4. The van der Waals surface area contributed by atoms with Crippen molar-refractivity contribution in [2.75, 3.05) is 32.5 Å². The van der Waals surface area contributed by atoms with E-state index in [0.717, 1.165) is 0 Å². The van der Waals surface area contributed by atoms with Crippen molar-refractivity contribution in [1.29, 1.82) is 0 Å². The van der Waals surface area contributed by atoms with Gasteiger partial charge in [0.25, 0.3) is 0 Å². The zero-order chi connectivity index (χ0) is 16.0. The fraction of sp³-hybridized carbons (Fsp3) is 0.357. The SMILES string of the molecule is CCN(CC(=O)N(C)C)C(=O)Nc1ccc(C(=O)O)cc1. The van der Waals surface area contributed by atoms with Gasteiger partial charge in [0.15, 0.2) is 0 Å². The van der Waals surface area contributed by atoms with Crippen LogP contribution < -0.4 is 5.32 Å². The molecule has 0 radical (unpaired) electrons. The second-order valence-electron chi connectivity index (χ2n) is 4.61. The summed E-state index contributed by atoms with van der Waals surface area (Å²) in [6.45, 7) is 2.15. The number of urea groups is 1. The molecule has 1 rings (SSSR count). The molecule has 1 aromatic carbocycles. The molecule has 0 heterocycles. The Morgan fingerprint density at radius 3 is 2.14 bits per heavy atom. The first-order chi connectivity index (χ1) is 9.85. The van der Waals surface area contributed by atoms with E-state index in [2.05, 4.69) is 5.32 Å². The van der Waals surface area contributed by atoms with Crippen LogP contribution in [-0.2, 0) is 4.79 Å². The summed E-state index contributed by atoms with van der Waals surface area (Å²) in [4.78, 5) is 37.2. The van der Waals surface area contributed by atoms with Gasteiger partial charge in [0, 0.05) is 26.3 Å². The van der Waals surface area contributed by atoms with Crippen LogP contribution in [0, 0.1) is 0 Å². The van der Waals surface area contributed by atoms with E-state index in [-0.39, 0.29) is 18.0 Å². The van der Waals surface area contributed by atoms with Crippen LogP contribution in [0.3, 0.4) is 0 Å². The van der Waals surface area contributed by atoms with Crippen molar-refractivity contribution in [2.45, 2.75) is 6.92 Å². The van der Waals surface area contributed by atoms with E-state index in [1.807, 2.05) is 0 Å². The fourth-order valence-corrected chi connectivity index (χ4v) is 1.53. The van der Waals surface area contributed by atoms with Gasteiger partial charge in [0.1, 0.15) is 6.54 Å². The van der Waals surface area contributed by atoms with Gasteiger partial charge in [-0.15, -0.1) is 0 Å². The predicted octanol–water partition coefficient (Wildman–Crippen LogP) is 1.33. The monoisotopic (exact) mass is 293 g/mol. The van der Waals surface area contributed by atoms with Gasteiger partial charge in [-0.05, 0) is 31.2 Å². The number of carbonyl (C=O) groups is 3. The number of carboxylic acids is 1. The zero-order valence-corrected chi connectivity index (χ0v) is 12.3. The first-order valence-corrected chi connectivity index (χ1v) is 6.44. The molecule has 114 valence electrons. The minimum absolute atomic E-state index is 0.0114. The van der Waals surface area contributed by atoms with E-state index in [4.69, 9.17) is 5.11 Å². The van der Waals surface area contributed by atoms with Crippen LogP contribution in [0.25, 0.3) is 0 Å². The molecule has 0 fully saturated rings. The summed E-state index contributed by atoms with van der Waals surface area (Å²) in [5.74, 6) is -1.20. The van der Waals surface area contributed by atoms with Crippen molar-refractivity contribution in [1.82, 2.24) is 9.80 Å². The number of nitrogens with zero attached hydrogens (tertiary/aromatic N) is 2. The van der Waals surface area contributed by atoms with E-state index in [0.29, 0.717) is 12.2 Å². The molecule has 7 heteroatoms. The molecule has 1 aromatic rings.